The summed E-state index contributed by atoms with van der Waals surface area (Å²) in [4.78, 5) is 10.4. The second-order valence-corrected chi connectivity index (χ2v) is 3.38. The van der Waals surface area contributed by atoms with E-state index in [9.17, 15) is 4.79 Å². The number of ether oxygens (including phenoxy) is 3. The summed E-state index contributed by atoms with van der Waals surface area (Å²) in [6.45, 7) is 1.98. The molecule has 6 heteroatoms. The van der Waals surface area contributed by atoms with Crippen LogP contribution in [0.1, 0.15) is 13.3 Å². The molecule has 0 bridgehead atoms. The van der Waals surface area contributed by atoms with Crippen molar-refractivity contribution in [2.75, 3.05) is 19.1 Å². The number of hydrogen-bond donors (Lipinski definition) is 1. The Kier molecular flexibility index (Phi) is 8.72. The van der Waals surface area contributed by atoms with Gasteiger partial charge in [0.15, 0.2) is 6.29 Å². The van der Waals surface area contributed by atoms with E-state index in [0.717, 1.165) is 0 Å². The third-order valence-corrected chi connectivity index (χ3v) is 1.75. The van der Waals surface area contributed by atoms with Crippen LogP contribution in [0.25, 0.3) is 0 Å². The maximum atomic E-state index is 10.4. The van der Waals surface area contributed by atoms with E-state index in [-0.39, 0.29) is 13.2 Å². The van der Waals surface area contributed by atoms with Crippen molar-refractivity contribution in [3.63, 3.8) is 0 Å². The predicted molar refractivity (Wildman–Crippen MR) is 60.0 cm³/mol. The molecule has 2 unspecified atom stereocenters. The molecule has 0 aliphatic heterocycles. The smallest absolute Gasteiger partial charge is 0.404 e. The van der Waals surface area contributed by atoms with Gasteiger partial charge in [0, 0.05) is 12.3 Å². The maximum absolute atomic E-state index is 10.4. The van der Waals surface area contributed by atoms with Crippen molar-refractivity contribution in [3.05, 3.63) is 0 Å². The van der Waals surface area contributed by atoms with Crippen LogP contribution < -0.4 is 5.73 Å². The van der Waals surface area contributed by atoms with Gasteiger partial charge in [0.2, 0.25) is 0 Å². The molecule has 0 spiro atoms. The zero-order chi connectivity index (χ0) is 12.4. The van der Waals surface area contributed by atoms with Gasteiger partial charge in [-0.2, -0.15) is 0 Å². The first kappa shape index (κ1) is 15.0. The van der Waals surface area contributed by atoms with Crippen molar-refractivity contribution in [3.8, 4) is 12.3 Å². The van der Waals surface area contributed by atoms with Crippen molar-refractivity contribution in [1.82, 2.24) is 0 Å². The summed E-state index contributed by atoms with van der Waals surface area (Å²) >= 11 is 5.56. The van der Waals surface area contributed by atoms with Gasteiger partial charge >= 0.3 is 6.09 Å². The summed E-state index contributed by atoms with van der Waals surface area (Å²) in [5.74, 6) is 2.71. The molecule has 0 aromatic carbocycles. The van der Waals surface area contributed by atoms with E-state index in [2.05, 4.69) is 10.7 Å². The molecule has 2 atom stereocenters. The number of primary amides is 1. The summed E-state index contributed by atoms with van der Waals surface area (Å²) in [6.07, 6.45) is 3.78. The van der Waals surface area contributed by atoms with Crippen LogP contribution in [0.2, 0.25) is 0 Å². The van der Waals surface area contributed by atoms with E-state index >= 15 is 0 Å². The molecule has 0 heterocycles. The fraction of sp³-hybridized carbons (Fsp3) is 0.700. The van der Waals surface area contributed by atoms with Crippen LogP contribution in [-0.4, -0.2) is 37.6 Å². The molecule has 5 nitrogen and oxygen atoms in total. The molecule has 0 aliphatic carbocycles. The van der Waals surface area contributed by atoms with Crippen molar-refractivity contribution in [1.29, 1.82) is 0 Å². The Morgan fingerprint density at radius 1 is 1.56 bits per heavy atom. The van der Waals surface area contributed by atoms with Gasteiger partial charge in [0.05, 0.1) is 6.61 Å². The molecule has 1 amide bonds. The quantitative estimate of drug-likeness (QED) is 0.397. The molecule has 2 N–H and O–H groups in total. The Bertz CT molecular complexity index is 241. The second-order valence-electron chi connectivity index (χ2n) is 3.00. The number of carbonyl (C=O) groups excluding carboxylic acids is 1. The van der Waals surface area contributed by atoms with Gasteiger partial charge in [-0.25, -0.2) is 4.79 Å². The summed E-state index contributed by atoms with van der Waals surface area (Å²) in [6, 6.07) is 0. The number of hydrogen-bond acceptors (Lipinski definition) is 4. The highest BCUT2D eigenvalue weighted by molar-refractivity contribution is 6.17. The first-order valence-electron chi connectivity index (χ1n) is 4.78. The summed E-state index contributed by atoms with van der Waals surface area (Å²) in [5, 5.41) is 0. The number of alkyl halides is 1. The van der Waals surface area contributed by atoms with E-state index in [0.29, 0.717) is 12.3 Å². The zero-order valence-electron chi connectivity index (χ0n) is 9.15. The average Bonchev–Trinajstić information content (AvgIpc) is 2.21. The summed E-state index contributed by atoms with van der Waals surface area (Å²) in [5.41, 5.74) is 4.84. The van der Waals surface area contributed by atoms with Crippen molar-refractivity contribution >= 4 is 17.7 Å². The fourth-order valence-corrected chi connectivity index (χ4v) is 1.10. The van der Waals surface area contributed by atoms with Crippen molar-refractivity contribution in [2.24, 2.45) is 5.73 Å². The first-order valence-corrected chi connectivity index (χ1v) is 5.32. The number of halogens is 1. The average molecular weight is 250 g/mol. The van der Waals surface area contributed by atoms with Crippen molar-refractivity contribution in [2.45, 2.75) is 25.7 Å². The Morgan fingerprint density at radius 3 is 2.75 bits per heavy atom. The van der Waals surface area contributed by atoms with Crippen LogP contribution in [0.3, 0.4) is 0 Å². The number of carbonyl (C=O) groups is 1. The van der Waals surface area contributed by atoms with Gasteiger partial charge in [0.1, 0.15) is 12.7 Å². The van der Waals surface area contributed by atoms with Crippen LogP contribution in [0, 0.1) is 12.3 Å². The molecule has 0 saturated carbocycles. The van der Waals surface area contributed by atoms with Gasteiger partial charge in [-0.05, 0) is 6.92 Å². The highest BCUT2D eigenvalue weighted by Crippen LogP contribution is 2.04. The highest BCUT2D eigenvalue weighted by atomic mass is 35.5. The largest absolute Gasteiger partial charge is 0.444 e. The Balaban J connectivity index is 3.81. The summed E-state index contributed by atoms with van der Waals surface area (Å²) in [7, 11) is 0. The molecule has 0 radical (unpaired) electrons. The van der Waals surface area contributed by atoms with Crippen LogP contribution >= 0.6 is 11.6 Å². The van der Waals surface area contributed by atoms with Crippen LogP contribution in [0.15, 0.2) is 0 Å². The third kappa shape index (κ3) is 8.36. The van der Waals surface area contributed by atoms with E-state index in [4.69, 9.17) is 33.2 Å². The van der Waals surface area contributed by atoms with E-state index in [1.807, 2.05) is 0 Å². The molecule has 16 heavy (non-hydrogen) atoms. The molecule has 0 aliphatic rings. The SMILES string of the molecule is C#CCOC(CCCl)OCC(C)OC(N)=O. The Morgan fingerprint density at radius 2 is 2.25 bits per heavy atom. The van der Waals surface area contributed by atoms with Crippen molar-refractivity contribution < 1.29 is 19.0 Å². The van der Waals surface area contributed by atoms with Gasteiger partial charge in [0.25, 0.3) is 0 Å². The highest BCUT2D eigenvalue weighted by Gasteiger charge is 2.12. The van der Waals surface area contributed by atoms with Gasteiger partial charge in [-0.15, -0.1) is 18.0 Å². The number of nitrogens with two attached hydrogens (primary N) is 1. The molecular weight excluding hydrogens is 234 g/mol. The van der Waals surface area contributed by atoms with E-state index in [1.54, 1.807) is 6.92 Å². The van der Waals surface area contributed by atoms with E-state index in [1.165, 1.54) is 0 Å². The number of amides is 1. The molecular formula is C10H16ClNO4. The van der Waals surface area contributed by atoms with Crippen LogP contribution in [-0.2, 0) is 14.2 Å². The Labute approximate surface area is 100 Å². The normalized spacial score (nSPS) is 13.8. The van der Waals surface area contributed by atoms with Gasteiger partial charge in [-0.3, -0.25) is 0 Å². The maximum Gasteiger partial charge on any atom is 0.404 e. The lowest BCUT2D eigenvalue weighted by Gasteiger charge is -2.18. The lowest BCUT2D eigenvalue weighted by molar-refractivity contribution is -0.148. The Hall–Kier alpha value is -0.960. The summed E-state index contributed by atoms with van der Waals surface area (Å²) < 4.78 is 15.2. The number of terminal acetylenes is 1. The van der Waals surface area contributed by atoms with Gasteiger partial charge < -0.3 is 19.9 Å². The minimum Gasteiger partial charge on any atom is -0.444 e. The molecule has 92 valence electrons. The fourth-order valence-electron chi connectivity index (χ4n) is 0.920. The molecule has 0 aromatic rings. The third-order valence-electron chi connectivity index (χ3n) is 1.53. The van der Waals surface area contributed by atoms with Gasteiger partial charge in [-0.1, -0.05) is 5.92 Å². The van der Waals surface area contributed by atoms with E-state index < -0.39 is 18.5 Å². The zero-order valence-corrected chi connectivity index (χ0v) is 9.90. The monoisotopic (exact) mass is 249 g/mol. The second kappa shape index (κ2) is 9.28. The topological polar surface area (TPSA) is 70.8 Å². The van der Waals surface area contributed by atoms with Crippen LogP contribution in [0.4, 0.5) is 4.79 Å². The molecule has 0 rings (SSSR count). The first-order chi connectivity index (χ1) is 7.60. The lowest BCUT2D eigenvalue weighted by atomic mass is 10.4. The lowest BCUT2D eigenvalue weighted by Crippen LogP contribution is -2.28. The standard InChI is InChI=1S/C10H16ClNO4/c1-3-6-14-9(4-5-11)15-7-8(2)16-10(12)13/h1,8-9H,4-7H2,2H3,(H2,12,13). The van der Waals surface area contributed by atoms with Crippen LogP contribution in [0.5, 0.6) is 0 Å². The molecule has 0 aromatic heterocycles. The molecule has 0 saturated heterocycles. The minimum atomic E-state index is -0.838. The predicted octanol–water partition coefficient (Wildman–Crippen LogP) is 1.09. The molecule has 0 fully saturated rings. The number of rotatable bonds is 8. The minimum absolute atomic E-state index is 0.145.